The third-order valence-electron chi connectivity index (χ3n) is 3.63. The van der Waals surface area contributed by atoms with Crippen LogP contribution in [0.25, 0.3) is 0 Å². The number of rotatable bonds is 4. The predicted octanol–water partition coefficient (Wildman–Crippen LogP) is 2.14. The van der Waals surface area contributed by atoms with E-state index in [1.807, 2.05) is 0 Å². The molecule has 0 saturated heterocycles. The highest BCUT2D eigenvalue weighted by atomic mass is 32.2. The first-order valence-corrected chi connectivity index (χ1v) is 8.03. The van der Waals surface area contributed by atoms with Crippen LogP contribution in [0.5, 0.6) is 0 Å². The lowest BCUT2D eigenvalue weighted by atomic mass is 10.1. The zero-order valence-electron chi connectivity index (χ0n) is 11.1. The summed E-state index contributed by atoms with van der Waals surface area (Å²) in [5.41, 5.74) is -1.01. The molecular weight excluding hydrogens is 307 g/mol. The van der Waals surface area contributed by atoms with Gasteiger partial charge in [0.05, 0.1) is 16.6 Å². The molecule has 2 N–H and O–H groups in total. The van der Waals surface area contributed by atoms with Crippen molar-refractivity contribution < 1.29 is 26.7 Å². The molecule has 1 saturated carbocycles. The lowest BCUT2D eigenvalue weighted by Gasteiger charge is -2.15. The van der Waals surface area contributed by atoms with E-state index in [0.717, 1.165) is 24.6 Å². The van der Waals surface area contributed by atoms with Gasteiger partial charge in [0.25, 0.3) is 0 Å². The van der Waals surface area contributed by atoms with Crippen LogP contribution in [0.4, 0.5) is 13.2 Å². The summed E-state index contributed by atoms with van der Waals surface area (Å²) >= 11 is 0. The van der Waals surface area contributed by atoms with Gasteiger partial charge in [-0.3, -0.25) is 0 Å². The minimum absolute atomic E-state index is 0.0275. The van der Waals surface area contributed by atoms with E-state index >= 15 is 0 Å². The molecule has 0 bridgehead atoms. The van der Waals surface area contributed by atoms with Crippen LogP contribution in [-0.4, -0.2) is 26.2 Å². The molecule has 0 spiro atoms. The fourth-order valence-electron chi connectivity index (χ4n) is 2.40. The van der Waals surface area contributed by atoms with Gasteiger partial charge in [0, 0.05) is 6.54 Å². The molecule has 0 heterocycles. The van der Waals surface area contributed by atoms with Crippen LogP contribution in [0.2, 0.25) is 0 Å². The van der Waals surface area contributed by atoms with Gasteiger partial charge >= 0.3 is 6.18 Å². The van der Waals surface area contributed by atoms with E-state index < -0.39 is 32.8 Å². The van der Waals surface area contributed by atoms with Gasteiger partial charge in [-0.1, -0.05) is 12.5 Å². The number of aliphatic hydroxyl groups is 1. The van der Waals surface area contributed by atoms with Crippen LogP contribution in [0.3, 0.4) is 0 Å². The lowest BCUT2D eigenvalue weighted by molar-refractivity contribution is -0.137. The van der Waals surface area contributed by atoms with Crippen molar-refractivity contribution in [3.8, 4) is 0 Å². The maximum atomic E-state index is 12.6. The summed E-state index contributed by atoms with van der Waals surface area (Å²) < 4.78 is 64.1. The predicted molar refractivity (Wildman–Crippen MR) is 70.0 cm³/mol. The van der Waals surface area contributed by atoms with Gasteiger partial charge in [0.15, 0.2) is 0 Å². The first kappa shape index (κ1) is 16.3. The average molecular weight is 323 g/mol. The Balaban J connectivity index is 2.12. The van der Waals surface area contributed by atoms with Gasteiger partial charge in [0.2, 0.25) is 10.0 Å². The second-order valence-corrected chi connectivity index (χ2v) is 6.90. The zero-order chi connectivity index (χ0) is 15.7. The number of hydrogen-bond acceptors (Lipinski definition) is 3. The Hall–Kier alpha value is -1.12. The molecular formula is C13H16F3NO3S. The monoisotopic (exact) mass is 323 g/mol. The van der Waals surface area contributed by atoms with E-state index in [1.165, 1.54) is 0 Å². The van der Waals surface area contributed by atoms with Gasteiger partial charge in [-0.05, 0) is 37.0 Å². The topological polar surface area (TPSA) is 66.4 Å². The molecule has 118 valence electrons. The summed E-state index contributed by atoms with van der Waals surface area (Å²) in [5.74, 6) is -0.189. The average Bonchev–Trinajstić information content (AvgIpc) is 2.81. The van der Waals surface area contributed by atoms with Gasteiger partial charge < -0.3 is 5.11 Å². The van der Waals surface area contributed by atoms with Gasteiger partial charge in [-0.2, -0.15) is 13.2 Å². The molecule has 2 unspecified atom stereocenters. The van der Waals surface area contributed by atoms with Crippen LogP contribution >= 0.6 is 0 Å². The highest BCUT2D eigenvalue weighted by molar-refractivity contribution is 7.89. The van der Waals surface area contributed by atoms with Crippen LogP contribution in [-0.2, 0) is 16.2 Å². The molecule has 0 aromatic heterocycles. The van der Waals surface area contributed by atoms with Crippen molar-refractivity contribution in [2.45, 2.75) is 36.4 Å². The van der Waals surface area contributed by atoms with Gasteiger partial charge in [0.1, 0.15) is 0 Å². The van der Waals surface area contributed by atoms with Crippen LogP contribution in [0.15, 0.2) is 29.2 Å². The summed E-state index contributed by atoms with van der Waals surface area (Å²) in [6, 6.07) is 3.59. The molecule has 0 radical (unpaired) electrons. The van der Waals surface area contributed by atoms with E-state index in [0.29, 0.717) is 18.9 Å². The molecule has 8 heteroatoms. The minimum Gasteiger partial charge on any atom is -0.393 e. The summed E-state index contributed by atoms with van der Waals surface area (Å²) in [5, 5.41) is 9.62. The molecule has 0 amide bonds. The first-order chi connectivity index (χ1) is 9.70. The van der Waals surface area contributed by atoms with Gasteiger partial charge in [-0.15, -0.1) is 0 Å². The maximum absolute atomic E-state index is 12.6. The summed E-state index contributed by atoms with van der Waals surface area (Å²) in [7, 11) is -4.02. The third-order valence-corrected chi connectivity index (χ3v) is 5.05. The number of aliphatic hydroxyl groups excluding tert-OH is 1. The highest BCUT2D eigenvalue weighted by Gasteiger charge is 2.32. The van der Waals surface area contributed by atoms with Crippen molar-refractivity contribution in [3.05, 3.63) is 29.8 Å². The Bertz CT molecular complexity index is 601. The molecule has 2 rings (SSSR count). The molecule has 2 atom stereocenters. The fraction of sp³-hybridized carbons (Fsp3) is 0.538. The maximum Gasteiger partial charge on any atom is 0.416 e. The number of nitrogens with one attached hydrogen (secondary N) is 1. The number of halogens is 3. The van der Waals surface area contributed by atoms with Crippen LogP contribution < -0.4 is 4.72 Å². The summed E-state index contributed by atoms with van der Waals surface area (Å²) in [4.78, 5) is -0.426. The van der Waals surface area contributed by atoms with Crippen LogP contribution in [0, 0.1) is 5.92 Å². The largest absolute Gasteiger partial charge is 0.416 e. The quantitative estimate of drug-likeness (QED) is 0.892. The molecule has 1 aliphatic rings. The SMILES string of the molecule is O=S(=O)(NCC1CCCC1O)c1cccc(C(F)(F)F)c1. The summed E-state index contributed by atoms with van der Waals surface area (Å²) in [6.45, 7) is 0.0275. The Labute approximate surface area is 121 Å². The second-order valence-electron chi connectivity index (χ2n) is 5.14. The lowest BCUT2D eigenvalue weighted by Crippen LogP contribution is -2.32. The zero-order valence-corrected chi connectivity index (χ0v) is 11.9. The molecule has 4 nitrogen and oxygen atoms in total. The van der Waals surface area contributed by atoms with Crippen molar-refractivity contribution in [1.82, 2.24) is 4.72 Å². The van der Waals surface area contributed by atoms with Crippen LogP contribution in [0.1, 0.15) is 24.8 Å². The number of benzene rings is 1. The molecule has 1 aromatic rings. The van der Waals surface area contributed by atoms with E-state index in [1.54, 1.807) is 0 Å². The molecule has 1 fully saturated rings. The Morgan fingerprint density at radius 3 is 2.57 bits per heavy atom. The Morgan fingerprint density at radius 2 is 2.00 bits per heavy atom. The second kappa shape index (κ2) is 5.94. The van der Waals surface area contributed by atoms with E-state index in [-0.39, 0.29) is 12.5 Å². The summed E-state index contributed by atoms with van der Waals surface area (Å²) in [6.07, 6.45) is -3.01. The standard InChI is InChI=1S/C13H16F3NO3S/c14-13(15,16)10-4-2-5-11(7-10)21(19,20)17-8-9-3-1-6-12(9)18/h2,4-5,7,9,12,17-18H,1,3,6,8H2. The van der Waals surface area contributed by atoms with E-state index in [9.17, 15) is 26.7 Å². The fourth-order valence-corrected chi connectivity index (χ4v) is 3.54. The van der Waals surface area contributed by atoms with Crippen molar-refractivity contribution in [2.24, 2.45) is 5.92 Å². The molecule has 1 aliphatic carbocycles. The van der Waals surface area contributed by atoms with Crippen molar-refractivity contribution in [1.29, 1.82) is 0 Å². The van der Waals surface area contributed by atoms with Gasteiger partial charge in [-0.25, -0.2) is 13.1 Å². The third kappa shape index (κ3) is 3.96. The Kier molecular flexibility index (Phi) is 4.60. The van der Waals surface area contributed by atoms with Crippen molar-refractivity contribution in [2.75, 3.05) is 6.54 Å². The Morgan fingerprint density at radius 1 is 1.29 bits per heavy atom. The number of alkyl halides is 3. The van der Waals surface area contributed by atoms with E-state index in [4.69, 9.17) is 0 Å². The normalized spacial score (nSPS) is 23.4. The first-order valence-electron chi connectivity index (χ1n) is 6.55. The number of hydrogen-bond donors (Lipinski definition) is 2. The van der Waals surface area contributed by atoms with Crippen molar-refractivity contribution >= 4 is 10.0 Å². The van der Waals surface area contributed by atoms with E-state index in [2.05, 4.69) is 4.72 Å². The minimum atomic E-state index is -4.59. The molecule has 0 aliphatic heterocycles. The van der Waals surface area contributed by atoms with Crippen molar-refractivity contribution in [3.63, 3.8) is 0 Å². The highest BCUT2D eigenvalue weighted by Crippen LogP contribution is 2.30. The molecule has 1 aromatic carbocycles. The smallest absolute Gasteiger partial charge is 0.393 e. The number of sulfonamides is 1. The molecule has 21 heavy (non-hydrogen) atoms.